The monoisotopic (exact) mass is 224 g/mol. The molecule has 2 heteroatoms. The Morgan fingerprint density at radius 1 is 1.50 bits per heavy atom. The van der Waals surface area contributed by atoms with Crippen LogP contribution in [0.5, 0.6) is 0 Å². The Labute approximate surface area is 77.3 Å². The zero-order valence-electron chi connectivity index (χ0n) is 6.90. The second-order valence-corrected chi connectivity index (χ2v) is 4.64. The van der Waals surface area contributed by atoms with E-state index in [4.69, 9.17) is 0 Å². The summed E-state index contributed by atoms with van der Waals surface area (Å²) in [5.74, 6) is 3.47. The lowest BCUT2D eigenvalue weighted by molar-refractivity contribution is 0.592. The van der Waals surface area contributed by atoms with Crippen LogP contribution in [0.1, 0.15) is 26.7 Å². The highest BCUT2D eigenvalue weighted by Gasteiger charge is 1.97. The van der Waals surface area contributed by atoms with E-state index in [-0.39, 0.29) is 0 Å². The average molecular weight is 225 g/mol. The van der Waals surface area contributed by atoms with Gasteiger partial charge in [0.25, 0.3) is 0 Å². The highest BCUT2D eigenvalue weighted by atomic mass is 79.9. The Morgan fingerprint density at radius 3 is 2.70 bits per heavy atom. The number of rotatable bonds is 6. The molecule has 0 radical (unpaired) electrons. The second kappa shape index (κ2) is 7.93. The number of thioether (sulfide) groups is 1. The minimum Gasteiger partial charge on any atom is -0.162 e. The van der Waals surface area contributed by atoms with Crippen LogP contribution in [0.15, 0.2) is 0 Å². The van der Waals surface area contributed by atoms with Gasteiger partial charge in [0.15, 0.2) is 0 Å². The molecule has 0 saturated carbocycles. The van der Waals surface area contributed by atoms with Gasteiger partial charge in [-0.1, -0.05) is 29.8 Å². The highest BCUT2D eigenvalue weighted by molar-refractivity contribution is 9.09. The molecule has 10 heavy (non-hydrogen) atoms. The molecule has 0 rings (SSSR count). The van der Waals surface area contributed by atoms with Gasteiger partial charge in [0, 0.05) is 5.33 Å². The van der Waals surface area contributed by atoms with Gasteiger partial charge in [-0.2, -0.15) is 11.8 Å². The van der Waals surface area contributed by atoms with E-state index in [1.165, 1.54) is 24.3 Å². The number of hydrogen-bond donors (Lipinski definition) is 0. The van der Waals surface area contributed by atoms with Crippen LogP contribution in [0, 0.1) is 5.92 Å². The van der Waals surface area contributed by atoms with E-state index in [1.807, 2.05) is 11.8 Å². The zero-order chi connectivity index (χ0) is 7.82. The minimum atomic E-state index is 0.859. The third-order valence-electron chi connectivity index (χ3n) is 1.45. The lowest BCUT2D eigenvalue weighted by Gasteiger charge is -2.05. The molecular weight excluding hydrogens is 208 g/mol. The van der Waals surface area contributed by atoms with E-state index in [0.717, 1.165) is 11.2 Å². The van der Waals surface area contributed by atoms with Crippen LogP contribution >= 0.6 is 27.7 Å². The summed E-state index contributed by atoms with van der Waals surface area (Å²) in [6.07, 6.45) is 2.75. The molecule has 0 aromatic heterocycles. The van der Waals surface area contributed by atoms with Crippen LogP contribution in [-0.2, 0) is 0 Å². The number of halogens is 1. The number of alkyl halides is 1. The molecule has 0 spiro atoms. The fourth-order valence-corrected chi connectivity index (χ4v) is 1.74. The third kappa shape index (κ3) is 6.94. The van der Waals surface area contributed by atoms with Crippen LogP contribution in [0.4, 0.5) is 0 Å². The van der Waals surface area contributed by atoms with Gasteiger partial charge in [0.2, 0.25) is 0 Å². The van der Waals surface area contributed by atoms with Crippen molar-refractivity contribution in [1.29, 1.82) is 0 Å². The summed E-state index contributed by atoms with van der Waals surface area (Å²) < 4.78 is 0. The van der Waals surface area contributed by atoms with Gasteiger partial charge in [-0.05, 0) is 30.3 Å². The Kier molecular flexibility index (Phi) is 8.59. The summed E-state index contributed by atoms with van der Waals surface area (Å²) in [6, 6.07) is 0. The fraction of sp³-hybridized carbons (Fsp3) is 1.00. The van der Waals surface area contributed by atoms with Crippen molar-refractivity contribution in [1.82, 2.24) is 0 Å². The number of hydrogen-bond acceptors (Lipinski definition) is 1. The van der Waals surface area contributed by atoms with E-state index < -0.39 is 0 Å². The van der Waals surface area contributed by atoms with E-state index in [9.17, 15) is 0 Å². The molecule has 1 unspecified atom stereocenters. The second-order valence-electron chi connectivity index (χ2n) is 2.60. The molecule has 0 nitrogen and oxygen atoms in total. The first-order valence-corrected chi connectivity index (χ1v) is 6.22. The Hall–Kier alpha value is 0.830. The van der Waals surface area contributed by atoms with Crippen molar-refractivity contribution in [2.45, 2.75) is 26.7 Å². The molecule has 0 fully saturated rings. The van der Waals surface area contributed by atoms with Gasteiger partial charge in [0.1, 0.15) is 0 Å². The average Bonchev–Trinajstić information content (AvgIpc) is 1.98. The molecule has 0 amide bonds. The summed E-state index contributed by atoms with van der Waals surface area (Å²) in [7, 11) is 0. The van der Waals surface area contributed by atoms with Gasteiger partial charge >= 0.3 is 0 Å². The molecule has 0 heterocycles. The zero-order valence-corrected chi connectivity index (χ0v) is 9.30. The van der Waals surface area contributed by atoms with Crippen molar-refractivity contribution in [3.63, 3.8) is 0 Å². The standard InChI is InChI=1S/C8H17BrS/c1-3-10-6-4-5-8(2)7-9/h8H,3-7H2,1-2H3. The molecule has 0 aliphatic heterocycles. The van der Waals surface area contributed by atoms with Crippen LogP contribution in [-0.4, -0.2) is 16.8 Å². The molecule has 0 bridgehead atoms. The van der Waals surface area contributed by atoms with Crippen LogP contribution < -0.4 is 0 Å². The molecule has 0 aliphatic rings. The van der Waals surface area contributed by atoms with Crippen molar-refractivity contribution >= 4 is 27.7 Å². The van der Waals surface area contributed by atoms with Gasteiger partial charge in [-0.15, -0.1) is 0 Å². The summed E-state index contributed by atoms with van der Waals surface area (Å²) in [5.41, 5.74) is 0. The molecule has 0 aromatic carbocycles. The van der Waals surface area contributed by atoms with E-state index >= 15 is 0 Å². The smallest absolute Gasteiger partial charge is 0.00570 e. The van der Waals surface area contributed by atoms with Crippen molar-refractivity contribution in [3.05, 3.63) is 0 Å². The van der Waals surface area contributed by atoms with Crippen molar-refractivity contribution < 1.29 is 0 Å². The SMILES string of the molecule is CCSCCCC(C)CBr. The lowest BCUT2D eigenvalue weighted by Crippen LogP contribution is -1.95. The Balaban J connectivity index is 2.89. The summed E-state index contributed by atoms with van der Waals surface area (Å²) in [5, 5.41) is 1.16. The van der Waals surface area contributed by atoms with Crippen molar-refractivity contribution in [2.75, 3.05) is 16.8 Å². The van der Waals surface area contributed by atoms with Gasteiger partial charge in [-0.25, -0.2) is 0 Å². The molecule has 0 saturated heterocycles. The minimum absolute atomic E-state index is 0.859. The van der Waals surface area contributed by atoms with Crippen LogP contribution in [0.3, 0.4) is 0 Å². The summed E-state index contributed by atoms with van der Waals surface area (Å²) in [6.45, 7) is 4.52. The van der Waals surface area contributed by atoms with Gasteiger partial charge in [0.05, 0.1) is 0 Å². The lowest BCUT2D eigenvalue weighted by atomic mass is 10.1. The largest absolute Gasteiger partial charge is 0.162 e. The molecular formula is C8H17BrS. The quantitative estimate of drug-likeness (QED) is 0.492. The van der Waals surface area contributed by atoms with Crippen molar-refractivity contribution in [2.24, 2.45) is 5.92 Å². The Morgan fingerprint density at radius 2 is 2.20 bits per heavy atom. The normalized spacial score (nSPS) is 13.5. The summed E-state index contributed by atoms with van der Waals surface area (Å²) >= 11 is 5.52. The molecule has 1 atom stereocenters. The first-order valence-electron chi connectivity index (χ1n) is 3.95. The molecule has 62 valence electrons. The maximum atomic E-state index is 3.48. The van der Waals surface area contributed by atoms with E-state index in [1.54, 1.807) is 0 Å². The Bertz CT molecular complexity index is 66.3. The predicted octanol–water partition coefficient (Wildman–Crippen LogP) is 3.55. The molecule has 0 aliphatic carbocycles. The topological polar surface area (TPSA) is 0 Å². The third-order valence-corrected chi connectivity index (χ3v) is 3.54. The first kappa shape index (κ1) is 10.8. The van der Waals surface area contributed by atoms with E-state index in [0.29, 0.717) is 0 Å². The van der Waals surface area contributed by atoms with Gasteiger partial charge < -0.3 is 0 Å². The predicted molar refractivity (Wildman–Crippen MR) is 55.2 cm³/mol. The van der Waals surface area contributed by atoms with Crippen LogP contribution in [0.25, 0.3) is 0 Å². The van der Waals surface area contributed by atoms with Crippen molar-refractivity contribution in [3.8, 4) is 0 Å². The van der Waals surface area contributed by atoms with Gasteiger partial charge in [-0.3, -0.25) is 0 Å². The molecule has 0 N–H and O–H groups in total. The maximum Gasteiger partial charge on any atom is 0.00570 e. The first-order chi connectivity index (χ1) is 4.81. The maximum absolute atomic E-state index is 3.48. The fourth-order valence-electron chi connectivity index (χ4n) is 0.755. The highest BCUT2D eigenvalue weighted by Crippen LogP contribution is 2.11. The van der Waals surface area contributed by atoms with E-state index in [2.05, 4.69) is 29.8 Å². The molecule has 0 aromatic rings. The summed E-state index contributed by atoms with van der Waals surface area (Å²) in [4.78, 5) is 0. The van der Waals surface area contributed by atoms with Crippen LogP contribution in [0.2, 0.25) is 0 Å².